The summed E-state index contributed by atoms with van der Waals surface area (Å²) in [5.74, 6) is 0. The van der Waals surface area contributed by atoms with E-state index in [9.17, 15) is 0 Å². The van der Waals surface area contributed by atoms with Gasteiger partial charge in [-0.1, -0.05) is 38.0 Å². The fraction of sp³-hybridized carbons (Fsp3) is 0.562. The second kappa shape index (κ2) is 8.98. The lowest BCUT2D eigenvalue weighted by Gasteiger charge is -2.09. The van der Waals surface area contributed by atoms with Gasteiger partial charge in [0.1, 0.15) is 0 Å². The Kier molecular flexibility index (Phi) is 8.39. The Hall–Kier alpha value is -1.11. The van der Waals surface area contributed by atoms with Gasteiger partial charge in [-0.2, -0.15) is 0 Å². The van der Waals surface area contributed by atoms with E-state index < -0.39 is 0 Å². The summed E-state index contributed by atoms with van der Waals surface area (Å²) in [7, 11) is 0. The number of allylic oxidation sites excluding steroid dienone is 6. The normalized spacial score (nSPS) is 15.4. The van der Waals surface area contributed by atoms with Crippen LogP contribution in [-0.4, -0.2) is 6.21 Å². The van der Waals surface area contributed by atoms with E-state index in [2.05, 4.69) is 51.8 Å². The third-order valence-electron chi connectivity index (χ3n) is 3.03. The van der Waals surface area contributed by atoms with Gasteiger partial charge in [-0.15, -0.1) is 0 Å². The van der Waals surface area contributed by atoms with Crippen molar-refractivity contribution in [2.24, 2.45) is 4.99 Å². The van der Waals surface area contributed by atoms with Gasteiger partial charge in [0.15, 0.2) is 0 Å². The van der Waals surface area contributed by atoms with Gasteiger partial charge < -0.3 is 0 Å². The van der Waals surface area contributed by atoms with E-state index in [4.69, 9.17) is 0 Å². The van der Waals surface area contributed by atoms with Crippen molar-refractivity contribution in [3.8, 4) is 0 Å². The van der Waals surface area contributed by atoms with Crippen molar-refractivity contribution in [3.63, 3.8) is 0 Å². The Balaban J connectivity index is 5.34. The second-order valence-electron chi connectivity index (χ2n) is 4.34. The Bertz CT molecular complexity index is 341. The highest BCUT2D eigenvalue weighted by molar-refractivity contribution is 5.57. The molecule has 0 saturated carbocycles. The maximum atomic E-state index is 4.41. The molecule has 0 aromatic carbocycles. The Morgan fingerprint density at radius 1 is 1.12 bits per heavy atom. The zero-order valence-corrected chi connectivity index (χ0v) is 12.3. The number of hydrogen-bond donors (Lipinski definition) is 0. The molecule has 0 fully saturated rings. The van der Waals surface area contributed by atoms with Crippen molar-refractivity contribution in [3.05, 3.63) is 34.6 Å². The minimum atomic E-state index is 1.10. The molecule has 0 rings (SSSR count). The molecule has 0 heterocycles. The molecule has 1 nitrogen and oxygen atoms in total. The van der Waals surface area contributed by atoms with Gasteiger partial charge in [0.2, 0.25) is 0 Å². The fourth-order valence-electron chi connectivity index (χ4n) is 1.64. The van der Waals surface area contributed by atoms with E-state index in [0.29, 0.717) is 0 Å². The van der Waals surface area contributed by atoms with Gasteiger partial charge in [-0.3, -0.25) is 4.99 Å². The lowest BCUT2D eigenvalue weighted by Crippen LogP contribution is -1.91. The molecule has 0 aliphatic heterocycles. The van der Waals surface area contributed by atoms with Gasteiger partial charge >= 0.3 is 0 Å². The molecule has 0 spiro atoms. The summed E-state index contributed by atoms with van der Waals surface area (Å²) in [4.78, 5) is 4.41. The van der Waals surface area contributed by atoms with Crippen LogP contribution < -0.4 is 0 Å². The SMILES string of the molecule is CC=N/C(C)=C(/C=C\CCC)C(\C)=C(/C)CC. The maximum Gasteiger partial charge on any atom is 0.0443 e. The summed E-state index contributed by atoms with van der Waals surface area (Å²) in [5, 5.41) is 0. The molecule has 0 unspecified atom stereocenters. The second-order valence-corrected chi connectivity index (χ2v) is 4.34. The smallest absolute Gasteiger partial charge is 0.0443 e. The molecule has 0 radical (unpaired) electrons. The molecule has 0 aliphatic carbocycles. The van der Waals surface area contributed by atoms with Gasteiger partial charge in [0.25, 0.3) is 0 Å². The molecule has 0 aromatic heterocycles. The van der Waals surface area contributed by atoms with Gasteiger partial charge in [-0.25, -0.2) is 0 Å². The molecule has 0 aliphatic rings. The summed E-state index contributed by atoms with van der Waals surface area (Å²) in [6, 6.07) is 0. The van der Waals surface area contributed by atoms with Crippen LogP contribution in [-0.2, 0) is 0 Å². The van der Waals surface area contributed by atoms with Crippen LogP contribution in [0.25, 0.3) is 0 Å². The zero-order chi connectivity index (χ0) is 13.3. The number of hydrogen-bond acceptors (Lipinski definition) is 1. The van der Waals surface area contributed by atoms with Crippen LogP contribution in [0.5, 0.6) is 0 Å². The third kappa shape index (κ3) is 5.67. The highest BCUT2D eigenvalue weighted by Crippen LogP contribution is 2.22. The van der Waals surface area contributed by atoms with Crippen LogP contribution in [0.1, 0.15) is 60.8 Å². The first kappa shape index (κ1) is 15.9. The first-order valence-electron chi connectivity index (χ1n) is 6.61. The predicted octanol–water partition coefficient (Wildman–Crippen LogP) is 5.45. The standard InChI is InChI=1S/C16H27N/c1-7-10-11-12-16(15(6)17-9-3)14(5)13(4)8-2/h9,11-12H,7-8,10H2,1-6H3/b12-11-,14-13+,16-15-,17-9?. The minimum absolute atomic E-state index is 1.10. The molecular formula is C16H27N. The molecule has 0 bridgehead atoms. The number of rotatable bonds is 6. The monoisotopic (exact) mass is 233 g/mol. The van der Waals surface area contributed by atoms with E-state index >= 15 is 0 Å². The molecule has 0 atom stereocenters. The molecule has 1 heteroatoms. The number of nitrogens with zero attached hydrogens (tertiary/aromatic N) is 1. The zero-order valence-electron chi connectivity index (χ0n) is 12.3. The molecule has 0 N–H and O–H groups in total. The van der Waals surface area contributed by atoms with Crippen LogP contribution in [0.2, 0.25) is 0 Å². The third-order valence-corrected chi connectivity index (χ3v) is 3.03. The average molecular weight is 233 g/mol. The lowest BCUT2D eigenvalue weighted by molar-refractivity contribution is 0.956. The topological polar surface area (TPSA) is 12.4 Å². The van der Waals surface area contributed by atoms with Crippen molar-refractivity contribution in [1.29, 1.82) is 0 Å². The van der Waals surface area contributed by atoms with E-state index in [0.717, 1.165) is 18.5 Å². The van der Waals surface area contributed by atoms with Crippen molar-refractivity contribution < 1.29 is 0 Å². The summed E-state index contributed by atoms with van der Waals surface area (Å²) in [5.41, 5.74) is 5.18. The van der Waals surface area contributed by atoms with Crippen molar-refractivity contribution in [2.45, 2.75) is 60.8 Å². The summed E-state index contributed by atoms with van der Waals surface area (Å²) in [6.45, 7) is 12.8. The van der Waals surface area contributed by atoms with Crippen molar-refractivity contribution in [1.82, 2.24) is 0 Å². The summed E-state index contributed by atoms with van der Waals surface area (Å²) < 4.78 is 0. The van der Waals surface area contributed by atoms with Crippen LogP contribution in [0.4, 0.5) is 0 Å². The molecule has 0 aromatic rings. The van der Waals surface area contributed by atoms with E-state index in [-0.39, 0.29) is 0 Å². The maximum absolute atomic E-state index is 4.41. The molecule has 96 valence electrons. The van der Waals surface area contributed by atoms with Crippen molar-refractivity contribution in [2.75, 3.05) is 0 Å². The lowest BCUT2D eigenvalue weighted by atomic mass is 9.98. The molecular weight excluding hydrogens is 206 g/mol. The van der Waals surface area contributed by atoms with Crippen LogP contribution in [0.15, 0.2) is 39.6 Å². The number of unbranched alkanes of at least 4 members (excludes halogenated alkanes) is 1. The largest absolute Gasteiger partial charge is 0.266 e. The predicted molar refractivity (Wildman–Crippen MR) is 79.6 cm³/mol. The van der Waals surface area contributed by atoms with Gasteiger partial charge in [0, 0.05) is 11.9 Å². The van der Waals surface area contributed by atoms with E-state index in [1.165, 1.54) is 23.1 Å². The van der Waals surface area contributed by atoms with E-state index in [1.807, 2.05) is 13.1 Å². The minimum Gasteiger partial charge on any atom is -0.266 e. The van der Waals surface area contributed by atoms with Crippen LogP contribution in [0, 0.1) is 0 Å². The molecule has 0 amide bonds. The summed E-state index contributed by atoms with van der Waals surface area (Å²) >= 11 is 0. The summed E-state index contributed by atoms with van der Waals surface area (Å²) in [6.07, 6.45) is 9.74. The Labute approximate surface area is 107 Å². The first-order valence-corrected chi connectivity index (χ1v) is 6.61. The molecule has 17 heavy (non-hydrogen) atoms. The van der Waals surface area contributed by atoms with Gasteiger partial charge in [0.05, 0.1) is 0 Å². The first-order chi connectivity index (χ1) is 8.08. The highest BCUT2D eigenvalue weighted by atomic mass is 14.7. The van der Waals surface area contributed by atoms with Crippen molar-refractivity contribution >= 4 is 6.21 Å². The Morgan fingerprint density at radius 2 is 1.76 bits per heavy atom. The Morgan fingerprint density at radius 3 is 2.24 bits per heavy atom. The van der Waals surface area contributed by atoms with E-state index in [1.54, 1.807) is 0 Å². The van der Waals surface area contributed by atoms with Crippen LogP contribution in [0.3, 0.4) is 0 Å². The van der Waals surface area contributed by atoms with Crippen LogP contribution >= 0.6 is 0 Å². The highest BCUT2D eigenvalue weighted by Gasteiger charge is 2.03. The quantitative estimate of drug-likeness (QED) is 0.427. The average Bonchev–Trinajstić information content (AvgIpc) is 2.33. The van der Waals surface area contributed by atoms with Gasteiger partial charge in [-0.05, 0) is 51.7 Å². The molecule has 0 saturated heterocycles. The fourth-order valence-corrected chi connectivity index (χ4v) is 1.64. The number of aliphatic imine (C=N–C) groups is 1.